The Labute approximate surface area is 92.5 Å². The minimum Gasteiger partial charge on any atom is -0.480 e. The summed E-state index contributed by atoms with van der Waals surface area (Å²) < 4.78 is 1.71. The van der Waals surface area contributed by atoms with Crippen LogP contribution in [-0.2, 0) is 17.8 Å². The highest BCUT2D eigenvalue weighted by Crippen LogP contribution is 2.19. The highest BCUT2D eigenvalue weighted by Gasteiger charge is 2.11. The lowest BCUT2D eigenvalue weighted by Crippen LogP contribution is -2.11. The van der Waals surface area contributed by atoms with Gasteiger partial charge in [-0.1, -0.05) is 6.92 Å². The standard InChI is InChI=1S/C11H13N3O2/c1-2-10-13-8-5-7(12)3-4-9(8)14(10)6-11(15)16/h3-5H,2,6,12H2,1H3,(H,15,16). The molecule has 0 amide bonds. The number of aromatic nitrogens is 2. The molecular weight excluding hydrogens is 206 g/mol. The Morgan fingerprint density at radius 2 is 2.31 bits per heavy atom. The van der Waals surface area contributed by atoms with Crippen LogP contribution in [0.2, 0.25) is 0 Å². The molecule has 0 fully saturated rings. The number of hydrogen-bond donors (Lipinski definition) is 2. The number of carbonyl (C=O) groups is 1. The number of imidazole rings is 1. The molecule has 5 heteroatoms. The van der Waals surface area contributed by atoms with Crippen LogP contribution in [0.25, 0.3) is 11.0 Å². The van der Waals surface area contributed by atoms with Gasteiger partial charge in [0.1, 0.15) is 12.4 Å². The Balaban J connectivity index is 2.63. The van der Waals surface area contributed by atoms with E-state index in [-0.39, 0.29) is 6.54 Å². The van der Waals surface area contributed by atoms with Gasteiger partial charge in [-0.3, -0.25) is 4.79 Å². The van der Waals surface area contributed by atoms with Gasteiger partial charge in [0.15, 0.2) is 0 Å². The van der Waals surface area contributed by atoms with Gasteiger partial charge >= 0.3 is 5.97 Å². The number of nitrogen functional groups attached to an aromatic ring is 1. The Kier molecular flexibility index (Phi) is 2.52. The molecule has 0 saturated carbocycles. The van der Waals surface area contributed by atoms with Crippen LogP contribution in [-0.4, -0.2) is 20.6 Å². The van der Waals surface area contributed by atoms with Crippen LogP contribution < -0.4 is 5.73 Å². The van der Waals surface area contributed by atoms with Crippen LogP contribution in [0.4, 0.5) is 5.69 Å². The monoisotopic (exact) mass is 219 g/mol. The molecule has 1 aromatic carbocycles. The van der Waals surface area contributed by atoms with Crippen molar-refractivity contribution in [2.75, 3.05) is 5.73 Å². The number of aryl methyl sites for hydroxylation is 1. The molecular formula is C11H13N3O2. The van der Waals surface area contributed by atoms with Crippen LogP contribution >= 0.6 is 0 Å². The van der Waals surface area contributed by atoms with E-state index in [0.717, 1.165) is 16.9 Å². The number of fused-ring (bicyclic) bond motifs is 1. The third kappa shape index (κ3) is 1.71. The maximum atomic E-state index is 10.8. The zero-order valence-electron chi connectivity index (χ0n) is 8.97. The second-order valence-electron chi connectivity index (χ2n) is 3.61. The number of carboxylic acid groups (broad SMARTS) is 1. The highest BCUT2D eigenvalue weighted by molar-refractivity contribution is 5.81. The lowest BCUT2D eigenvalue weighted by atomic mass is 10.3. The largest absolute Gasteiger partial charge is 0.480 e. The van der Waals surface area contributed by atoms with Crippen molar-refractivity contribution in [1.29, 1.82) is 0 Å². The molecule has 3 N–H and O–H groups in total. The van der Waals surface area contributed by atoms with E-state index >= 15 is 0 Å². The Morgan fingerprint density at radius 1 is 1.56 bits per heavy atom. The Bertz CT molecular complexity index is 545. The number of carboxylic acids is 1. The van der Waals surface area contributed by atoms with Crippen LogP contribution in [0.3, 0.4) is 0 Å². The second kappa shape index (κ2) is 3.84. The molecule has 16 heavy (non-hydrogen) atoms. The molecule has 0 bridgehead atoms. The van der Waals surface area contributed by atoms with Gasteiger partial charge in [-0.2, -0.15) is 0 Å². The van der Waals surface area contributed by atoms with E-state index in [4.69, 9.17) is 10.8 Å². The maximum absolute atomic E-state index is 10.8. The number of nitrogens with zero attached hydrogens (tertiary/aromatic N) is 2. The van der Waals surface area contributed by atoms with Crippen LogP contribution in [0.1, 0.15) is 12.7 Å². The van der Waals surface area contributed by atoms with Gasteiger partial charge in [-0.15, -0.1) is 0 Å². The van der Waals surface area contributed by atoms with Crippen molar-refractivity contribution in [2.24, 2.45) is 0 Å². The first-order valence-electron chi connectivity index (χ1n) is 5.08. The molecule has 0 aliphatic carbocycles. The summed E-state index contributed by atoms with van der Waals surface area (Å²) >= 11 is 0. The summed E-state index contributed by atoms with van der Waals surface area (Å²) in [4.78, 5) is 15.1. The van der Waals surface area contributed by atoms with E-state index in [9.17, 15) is 4.79 Å². The number of nitrogens with two attached hydrogens (primary N) is 1. The lowest BCUT2D eigenvalue weighted by molar-refractivity contribution is -0.137. The van der Waals surface area contributed by atoms with Gasteiger partial charge < -0.3 is 15.4 Å². The average Bonchev–Trinajstić information content (AvgIpc) is 2.55. The van der Waals surface area contributed by atoms with E-state index in [1.54, 1.807) is 22.8 Å². The van der Waals surface area contributed by atoms with E-state index in [1.165, 1.54) is 0 Å². The van der Waals surface area contributed by atoms with Crippen molar-refractivity contribution in [3.63, 3.8) is 0 Å². The van der Waals surface area contributed by atoms with Crippen LogP contribution in [0, 0.1) is 0 Å². The predicted octanol–water partition coefficient (Wildman–Crippen LogP) is 1.27. The topological polar surface area (TPSA) is 81.1 Å². The quantitative estimate of drug-likeness (QED) is 0.761. The summed E-state index contributed by atoms with van der Waals surface area (Å²) in [6.45, 7) is 1.88. The van der Waals surface area contributed by atoms with Gasteiger partial charge in [0.25, 0.3) is 0 Å². The first-order valence-corrected chi connectivity index (χ1v) is 5.08. The summed E-state index contributed by atoms with van der Waals surface area (Å²) in [5.41, 5.74) is 7.86. The number of hydrogen-bond acceptors (Lipinski definition) is 3. The number of aliphatic carboxylic acids is 1. The Hall–Kier alpha value is -2.04. The normalized spacial score (nSPS) is 10.8. The fourth-order valence-corrected chi connectivity index (χ4v) is 1.78. The molecule has 0 atom stereocenters. The van der Waals surface area contributed by atoms with Gasteiger partial charge in [0.2, 0.25) is 0 Å². The van der Waals surface area contributed by atoms with Crippen molar-refractivity contribution in [3.05, 3.63) is 24.0 Å². The highest BCUT2D eigenvalue weighted by atomic mass is 16.4. The second-order valence-corrected chi connectivity index (χ2v) is 3.61. The average molecular weight is 219 g/mol. The minimum absolute atomic E-state index is 0.0659. The molecule has 0 spiro atoms. The van der Waals surface area contributed by atoms with Gasteiger partial charge in [0.05, 0.1) is 11.0 Å². The minimum atomic E-state index is -0.870. The summed E-state index contributed by atoms with van der Waals surface area (Å²) in [7, 11) is 0. The molecule has 84 valence electrons. The molecule has 5 nitrogen and oxygen atoms in total. The van der Waals surface area contributed by atoms with E-state index in [0.29, 0.717) is 12.1 Å². The first kappa shape index (κ1) is 10.5. The van der Waals surface area contributed by atoms with E-state index in [1.807, 2.05) is 6.92 Å². The van der Waals surface area contributed by atoms with Gasteiger partial charge in [-0.25, -0.2) is 4.98 Å². The van der Waals surface area contributed by atoms with Crippen molar-refractivity contribution < 1.29 is 9.90 Å². The molecule has 1 heterocycles. The summed E-state index contributed by atoms with van der Waals surface area (Å²) in [5.74, 6) is -0.103. The Morgan fingerprint density at radius 3 is 2.94 bits per heavy atom. The van der Waals surface area contributed by atoms with Gasteiger partial charge in [-0.05, 0) is 18.2 Å². The molecule has 0 unspecified atom stereocenters. The van der Waals surface area contributed by atoms with Crippen LogP contribution in [0.15, 0.2) is 18.2 Å². The van der Waals surface area contributed by atoms with Crippen LogP contribution in [0.5, 0.6) is 0 Å². The van der Waals surface area contributed by atoms with Crippen molar-refractivity contribution in [3.8, 4) is 0 Å². The smallest absolute Gasteiger partial charge is 0.323 e. The molecule has 0 aliphatic heterocycles. The fraction of sp³-hybridized carbons (Fsp3) is 0.273. The van der Waals surface area contributed by atoms with Crippen molar-refractivity contribution in [1.82, 2.24) is 9.55 Å². The predicted molar refractivity (Wildman–Crippen MR) is 61.2 cm³/mol. The van der Waals surface area contributed by atoms with E-state index < -0.39 is 5.97 Å². The summed E-state index contributed by atoms with van der Waals surface area (Å²) in [5, 5.41) is 8.85. The third-order valence-corrected chi connectivity index (χ3v) is 2.46. The summed E-state index contributed by atoms with van der Waals surface area (Å²) in [6, 6.07) is 5.31. The number of benzene rings is 1. The zero-order chi connectivity index (χ0) is 11.7. The molecule has 0 aliphatic rings. The molecule has 0 saturated heterocycles. The number of rotatable bonds is 3. The summed E-state index contributed by atoms with van der Waals surface area (Å²) in [6.07, 6.45) is 0.696. The molecule has 2 rings (SSSR count). The first-order chi connectivity index (χ1) is 7.61. The molecule has 1 aromatic heterocycles. The van der Waals surface area contributed by atoms with Gasteiger partial charge in [0, 0.05) is 12.1 Å². The SMILES string of the molecule is CCc1nc2cc(N)ccc2n1CC(=O)O. The zero-order valence-corrected chi connectivity index (χ0v) is 8.97. The molecule has 0 radical (unpaired) electrons. The number of anilines is 1. The van der Waals surface area contributed by atoms with Crippen molar-refractivity contribution in [2.45, 2.75) is 19.9 Å². The van der Waals surface area contributed by atoms with E-state index in [2.05, 4.69) is 4.98 Å². The van der Waals surface area contributed by atoms with Crippen molar-refractivity contribution >= 4 is 22.7 Å². The fourth-order valence-electron chi connectivity index (χ4n) is 1.78. The maximum Gasteiger partial charge on any atom is 0.323 e. The molecule has 2 aromatic rings. The lowest BCUT2D eigenvalue weighted by Gasteiger charge is -2.03. The third-order valence-electron chi connectivity index (χ3n) is 2.46.